The fourth-order valence-electron chi connectivity index (χ4n) is 1.28. The van der Waals surface area contributed by atoms with E-state index in [1.807, 2.05) is 44.2 Å². The third kappa shape index (κ3) is 3.12. The van der Waals surface area contributed by atoms with Crippen LogP contribution in [0, 0.1) is 0 Å². The van der Waals surface area contributed by atoms with E-state index in [9.17, 15) is 4.79 Å². The normalized spacial score (nSPS) is 11.6. The van der Waals surface area contributed by atoms with E-state index in [2.05, 4.69) is 11.9 Å². The zero-order valence-electron chi connectivity index (χ0n) is 9.81. The maximum absolute atomic E-state index is 11.9. The van der Waals surface area contributed by atoms with Crippen LogP contribution in [-0.4, -0.2) is 12.1 Å². The molecule has 0 heterocycles. The fraction of sp³-hybridized carbons (Fsp3) is 0.308. The molecule has 0 spiro atoms. The summed E-state index contributed by atoms with van der Waals surface area (Å²) in [6, 6.07) is 9.46. The Morgan fingerprint density at radius 2 is 2.12 bits per heavy atom. The Bertz CT molecular complexity index is 348. The van der Waals surface area contributed by atoms with Crippen LogP contribution < -0.4 is 10.2 Å². The second-order valence-corrected chi connectivity index (χ2v) is 3.65. The number of benzene rings is 1. The molecule has 0 aliphatic heterocycles. The first-order valence-corrected chi connectivity index (χ1v) is 5.46. The maximum Gasteiger partial charge on any atom is 0.326 e. The van der Waals surface area contributed by atoms with Crippen molar-refractivity contribution in [1.29, 1.82) is 0 Å². The molecule has 1 aromatic carbocycles. The van der Waals surface area contributed by atoms with Gasteiger partial charge in [-0.1, -0.05) is 31.7 Å². The molecule has 0 fully saturated rings. The van der Waals surface area contributed by atoms with Crippen LogP contribution in [0.4, 0.5) is 10.5 Å². The van der Waals surface area contributed by atoms with Crippen LogP contribution in [0.1, 0.15) is 20.3 Å². The minimum absolute atomic E-state index is 0.143. The second kappa shape index (κ2) is 5.95. The van der Waals surface area contributed by atoms with Crippen molar-refractivity contribution >= 4 is 11.7 Å². The lowest BCUT2D eigenvalue weighted by molar-refractivity contribution is 0.245. The molecular weight excluding hydrogens is 200 g/mol. The number of nitrogens with zero attached hydrogens (tertiary/aromatic N) is 1. The fourth-order valence-corrected chi connectivity index (χ4v) is 1.28. The van der Waals surface area contributed by atoms with Crippen molar-refractivity contribution in [3.05, 3.63) is 43.1 Å². The summed E-state index contributed by atoms with van der Waals surface area (Å²) < 4.78 is 0. The van der Waals surface area contributed by atoms with Crippen molar-refractivity contribution in [2.24, 2.45) is 0 Å². The van der Waals surface area contributed by atoms with Gasteiger partial charge in [-0.2, -0.15) is 0 Å². The predicted octanol–water partition coefficient (Wildman–Crippen LogP) is 3.14. The van der Waals surface area contributed by atoms with Gasteiger partial charge in [0, 0.05) is 12.2 Å². The van der Waals surface area contributed by atoms with Gasteiger partial charge in [0.25, 0.3) is 0 Å². The van der Waals surface area contributed by atoms with Crippen LogP contribution in [-0.2, 0) is 0 Å². The summed E-state index contributed by atoms with van der Waals surface area (Å²) in [6.07, 6.45) is 2.43. The van der Waals surface area contributed by atoms with E-state index in [4.69, 9.17) is 0 Å². The lowest BCUT2D eigenvalue weighted by Crippen LogP contribution is -2.41. The van der Waals surface area contributed by atoms with Crippen molar-refractivity contribution in [2.45, 2.75) is 26.3 Å². The zero-order chi connectivity index (χ0) is 12.0. The van der Waals surface area contributed by atoms with E-state index in [0.717, 1.165) is 12.1 Å². The van der Waals surface area contributed by atoms with Crippen LogP contribution >= 0.6 is 0 Å². The molecule has 3 nitrogen and oxygen atoms in total. The van der Waals surface area contributed by atoms with Crippen LogP contribution in [0.5, 0.6) is 0 Å². The predicted molar refractivity (Wildman–Crippen MR) is 67.4 cm³/mol. The van der Waals surface area contributed by atoms with E-state index >= 15 is 0 Å². The average molecular weight is 218 g/mol. The Morgan fingerprint density at radius 3 is 2.62 bits per heavy atom. The van der Waals surface area contributed by atoms with Gasteiger partial charge in [0.05, 0.1) is 5.69 Å². The SMILES string of the molecule is C=CN(C(=O)NC(C)CC)c1ccccc1. The van der Waals surface area contributed by atoms with Gasteiger partial charge in [0.1, 0.15) is 0 Å². The Labute approximate surface area is 96.8 Å². The standard InChI is InChI=1S/C13H18N2O/c1-4-11(3)14-13(16)15(5-2)12-9-7-6-8-10-12/h5-11H,2,4H2,1,3H3,(H,14,16). The second-order valence-electron chi connectivity index (χ2n) is 3.65. The Hall–Kier alpha value is -1.77. The van der Waals surface area contributed by atoms with Crippen molar-refractivity contribution in [2.75, 3.05) is 4.90 Å². The van der Waals surface area contributed by atoms with Crippen LogP contribution in [0.15, 0.2) is 43.1 Å². The Kier molecular flexibility index (Phi) is 4.58. The van der Waals surface area contributed by atoms with Crippen molar-refractivity contribution < 1.29 is 4.79 Å². The number of rotatable bonds is 4. The first kappa shape index (κ1) is 12.3. The molecular formula is C13H18N2O. The highest BCUT2D eigenvalue weighted by molar-refractivity contribution is 5.93. The average Bonchev–Trinajstić information content (AvgIpc) is 2.31. The minimum atomic E-state index is -0.143. The summed E-state index contributed by atoms with van der Waals surface area (Å²) in [5, 5.41) is 2.89. The molecule has 1 N–H and O–H groups in total. The number of carbonyl (C=O) groups is 1. The van der Waals surface area contributed by atoms with Gasteiger partial charge in [0.15, 0.2) is 0 Å². The molecule has 1 unspecified atom stereocenters. The lowest BCUT2D eigenvalue weighted by Gasteiger charge is -2.21. The number of anilines is 1. The van der Waals surface area contributed by atoms with E-state index < -0.39 is 0 Å². The van der Waals surface area contributed by atoms with Crippen molar-refractivity contribution in [1.82, 2.24) is 5.32 Å². The van der Waals surface area contributed by atoms with Gasteiger partial charge in [-0.05, 0) is 25.5 Å². The van der Waals surface area contributed by atoms with Crippen molar-refractivity contribution in [3.8, 4) is 0 Å². The van der Waals surface area contributed by atoms with Crippen molar-refractivity contribution in [3.63, 3.8) is 0 Å². The van der Waals surface area contributed by atoms with Gasteiger partial charge < -0.3 is 5.32 Å². The number of nitrogens with one attached hydrogen (secondary N) is 1. The quantitative estimate of drug-likeness (QED) is 0.827. The van der Waals surface area contributed by atoms with E-state index in [-0.39, 0.29) is 12.1 Å². The molecule has 0 aliphatic rings. The third-order valence-electron chi connectivity index (χ3n) is 2.42. The molecule has 86 valence electrons. The molecule has 3 heteroatoms. The van der Waals surface area contributed by atoms with E-state index in [1.165, 1.54) is 11.1 Å². The molecule has 1 atom stereocenters. The van der Waals surface area contributed by atoms with Crippen LogP contribution in [0.25, 0.3) is 0 Å². The zero-order valence-corrected chi connectivity index (χ0v) is 9.81. The summed E-state index contributed by atoms with van der Waals surface area (Å²) in [7, 11) is 0. The molecule has 1 aromatic rings. The van der Waals surface area contributed by atoms with Gasteiger partial charge in [-0.15, -0.1) is 0 Å². The number of hydrogen-bond donors (Lipinski definition) is 1. The number of hydrogen-bond acceptors (Lipinski definition) is 1. The molecule has 0 bridgehead atoms. The van der Waals surface area contributed by atoms with Crippen LogP contribution in [0.3, 0.4) is 0 Å². The molecule has 16 heavy (non-hydrogen) atoms. The Balaban J connectivity index is 2.75. The molecule has 0 saturated heterocycles. The number of urea groups is 1. The molecule has 2 amide bonds. The molecule has 0 aromatic heterocycles. The number of para-hydroxylation sites is 1. The highest BCUT2D eigenvalue weighted by Crippen LogP contribution is 2.13. The van der Waals surface area contributed by atoms with Gasteiger partial charge in [0.2, 0.25) is 0 Å². The van der Waals surface area contributed by atoms with Gasteiger partial charge in [-0.25, -0.2) is 4.79 Å². The number of amides is 2. The highest BCUT2D eigenvalue weighted by atomic mass is 16.2. The van der Waals surface area contributed by atoms with E-state index in [1.54, 1.807) is 0 Å². The smallest absolute Gasteiger partial charge is 0.326 e. The number of carbonyl (C=O) groups excluding carboxylic acids is 1. The summed E-state index contributed by atoms with van der Waals surface area (Å²) in [6.45, 7) is 7.67. The van der Waals surface area contributed by atoms with Gasteiger partial charge >= 0.3 is 6.03 Å². The molecule has 1 rings (SSSR count). The van der Waals surface area contributed by atoms with Gasteiger partial charge in [-0.3, -0.25) is 4.90 Å². The summed E-state index contributed by atoms with van der Waals surface area (Å²) in [4.78, 5) is 13.4. The first-order chi connectivity index (χ1) is 7.69. The highest BCUT2D eigenvalue weighted by Gasteiger charge is 2.13. The topological polar surface area (TPSA) is 32.3 Å². The molecule has 0 aliphatic carbocycles. The monoisotopic (exact) mass is 218 g/mol. The molecule has 0 saturated carbocycles. The first-order valence-electron chi connectivity index (χ1n) is 5.46. The van der Waals surface area contributed by atoms with Crippen LogP contribution in [0.2, 0.25) is 0 Å². The van der Waals surface area contributed by atoms with E-state index in [0.29, 0.717) is 0 Å². The molecule has 0 radical (unpaired) electrons. The lowest BCUT2D eigenvalue weighted by atomic mass is 10.2. The minimum Gasteiger partial charge on any atom is -0.335 e. The summed E-state index contributed by atoms with van der Waals surface area (Å²) in [5.74, 6) is 0. The summed E-state index contributed by atoms with van der Waals surface area (Å²) >= 11 is 0. The Morgan fingerprint density at radius 1 is 1.50 bits per heavy atom. The largest absolute Gasteiger partial charge is 0.335 e. The third-order valence-corrected chi connectivity index (χ3v) is 2.42. The maximum atomic E-state index is 11.9. The summed E-state index contributed by atoms with van der Waals surface area (Å²) in [5.41, 5.74) is 0.818.